The highest BCUT2D eigenvalue weighted by molar-refractivity contribution is 7.92. The first-order valence-corrected chi connectivity index (χ1v) is 5.36. The van der Waals surface area contributed by atoms with Crippen LogP contribution < -0.4 is 0 Å². The average Bonchev–Trinajstić information content (AvgIpc) is 2.02. The Kier molecular flexibility index (Phi) is 2.81. The van der Waals surface area contributed by atoms with Gasteiger partial charge in [-0.05, 0) is 12.1 Å². The number of sulfone groups is 1. The fourth-order valence-corrected chi connectivity index (χ4v) is 1.33. The summed E-state index contributed by atoms with van der Waals surface area (Å²) >= 11 is 0. The highest BCUT2D eigenvalue weighted by atomic mass is 32.2. The van der Waals surface area contributed by atoms with Crippen molar-refractivity contribution in [2.75, 3.05) is 5.75 Å². The van der Waals surface area contributed by atoms with Gasteiger partial charge in [-0.3, -0.25) is 4.98 Å². The van der Waals surface area contributed by atoms with Gasteiger partial charge in [-0.15, -0.1) is 0 Å². The largest absolute Gasteiger partial charge is 0.261 e. The SMILES string of the molecule is [CH2]S(=O)(=O)CCc1ccccn1. The summed E-state index contributed by atoms with van der Waals surface area (Å²) in [6.45, 7) is 0. The topological polar surface area (TPSA) is 47.0 Å². The predicted molar refractivity (Wildman–Crippen MR) is 47.1 cm³/mol. The van der Waals surface area contributed by atoms with Crippen molar-refractivity contribution in [3.63, 3.8) is 0 Å². The minimum atomic E-state index is -3.11. The van der Waals surface area contributed by atoms with Crippen LogP contribution in [0.5, 0.6) is 0 Å². The van der Waals surface area contributed by atoms with E-state index in [4.69, 9.17) is 0 Å². The number of hydrogen-bond donors (Lipinski definition) is 0. The van der Waals surface area contributed by atoms with Crippen LogP contribution >= 0.6 is 0 Å². The van der Waals surface area contributed by atoms with Gasteiger partial charge in [0, 0.05) is 18.3 Å². The van der Waals surface area contributed by atoms with Crippen molar-refractivity contribution in [2.45, 2.75) is 6.42 Å². The van der Waals surface area contributed by atoms with Gasteiger partial charge in [0.25, 0.3) is 0 Å². The Morgan fingerprint density at radius 3 is 2.67 bits per heavy atom. The molecule has 12 heavy (non-hydrogen) atoms. The summed E-state index contributed by atoms with van der Waals surface area (Å²) in [5.74, 6) is 0.0595. The van der Waals surface area contributed by atoms with Gasteiger partial charge in [0.15, 0.2) is 9.84 Å². The molecular formula is C8H10NO2S. The highest BCUT2D eigenvalue weighted by Gasteiger charge is 2.02. The van der Waals surface area contributed by atoms with Gasteiger partial charge in [0.1, 0.15) is 0 Å². The van der Waals surface area contributed by atoms with Crippen LogP contribution in [-0.2, 0) is 16.3 Å². The molecule has 3 nitrogen and oxygen atoms in total. The molecule has 0 aliphatic heterocycles. The maximum atomic E-state index is 10.7. The molecule has 1 rings (SSSR count). The van der Waals surface area contributed by atoms with E-state index >= 15 is 0 Å². The number of aryl methyl sites for hydroxylation is 1. The van der Waals surface area contributed by atoms with Gasteiger partial charge in [-0.1, -0.05) is 6.07 Å². The van der Waals surface area contributed by atoms with Gasteiger partial charge >= 0.3 is 0 Å². The minimum Gasteiger partial charge on any atom is -0.261 e. The lowest BCUT2D eigenvalue weighted by molar-refractivity contribution is 0.603. The summed E-state index contributed by atoms with van der Waals surface area (Å²) < 4.78 is 21.3. The quantitative estimate of drug-likeness (QED) is 0.699. The van der Waals surface area contributed by atoms with Gasteiger partial charge in [-0.25, -0.2) is 8.42 Å². The molecular weight excluding hydrogens is 174 g/mol. The van der Waals surface area contributed by atoms with Crippen LogP contribution in [0.1, 0.15) is 5.69 Å². The van der Waals surface area contributed by atoms with Crippen LogP contribution in [0, 0.1) is 6.26 Å². The third-order valence-corrected chi connectivity index (χ3v) is 2.22. The Morgan fingerprint density at radius 2 is 2.17 bits per heavy atom. The Labute approximate surface area is 72.4 Å². The van der Waals surface area contributed by atoms with Gasteiger partial charge in [0.2, 0.25) is 0 Å². The molecule has 0 saturated heterocycles. The van der Waals surface area contributed by atoms with Crippen molar-refractivity contribution in [3.8, 4) is 0 Å². The van der Waals surface area contributed by atoms with E-state index < -0.39 is 9.84 Å². The fraction of sp³-hybridized carbons (Fsp3) is 0.250. The number of nitrogens with zero attached hydrogens (tertiary/aromatic N) is 1. The van der Waals surface area contributed by atoms with Crippen molar-refractivity contribution in [1.82, 2.24) is 4.98 Å². The average molecular weight is 184 g/mol. The Hall–Kier alpha value is -0.900. The fourth-order valence-electron chi connectivity index (χ4n) is 0.806. The first-order chi connectivity index (χ1) is 5.58. The molecule has 65 valence electrons. The number of aromatic nitrogens is 1. The minimum absolute atomic E-state index is 0.0595. The normalized spacial score (nSPS) is 11.4. The zero-order chi connectivity index (χ0) is 9.03. The lowest BCUT2D eigenvalue weighted by atomic mass is 10.3. The molecule has 1 aromatic rings. The van der Waals surface area contributed by atoms with E-state index in [0.29, 0.717) is 6.42 Å². The standard InChI is InChI=1S/C8H10NO2S/c1-12(10,11)7-5-8-4-2-3-6-9-8/h2-4,6H,1,5,7H2. The monoisotopic (exact) mass is 184 g/mol. The zero-order valence-corrected chi connectivity index (χ0v) is 7.42. The molecule has 0 amide bonds. The Balaban J connectivity index is 2.56. The third kappa shape index (κ3) is 3.48. The first kappa shape index (κ1) is 9.19. The van der Waals surface area contributed by atoms with Gasteiger partial charge < -0.3 is 0 Å². The van der Waals surface area contributed by atoms with Crippen LogP contribution in [-0.4, -0.2) is 19.2 Å². The number of rotatable bonds is 3. The molecule has 4 heteroatoms. The van der Waals surface area contributed by atoms with Crippen LogP contribution in [0.3, 0.4) is 0 Å². The summed E-state index contributed by atoms with van der Waals surface area (Å²) in [7, 11) is -3.11. The molecule has 0 saturated carbocycles. The lowest BCUT2D eigenvalue weighted by Crippen LogP contribution is -2.04. The van der Waals surface area contributed by atoms with E-state index in [9.17, 15) is 8.42 Å². The molecule has 0 bridgehead atoms. The number of pyridine rings is 1. The van der Waals surface area contributed by atoms with Gasteiger partial charge in [0.05, 0.1) is 12.0 Å². The summed E-state index contributed by atoms with van der Waals surface area (Å²) in [5, 5.41) is 0. The molecule has 1 radical (unpaired) electrons. The summed E-state index contributed by atoms with van der Waals surface area (Å²) in [6, 6.07) is 5.42. The van der Waals surface area contributed by atoms with E-state index in [2.05, 4.69) is 11.2 Å². The predicted octanol–water partition coefficient (Wildman–Crippen LogP) is 0.830. The van der Waals surface area contributed by atoms with Crippen molar-refractivity contribution in [3.05, 3.63) is 36.3 Å². The van der Waals surface area contributed by atoms with Crippen molar-refractivity contribution >= 4 is 9.84 Å². The van der Waals surface area contributed by atoms with E-state index in [1.807, 2.05) is 6.07 Å². The van der Waals surface area contributed by atoms with Crippen LogP contribution in [0.25, 0.3) is 0 Å². The Bertz CT molecular complexity index is 331. The van der Waals surface area contributed by atoms with Crippen LogP contribution in [0.2, 0.25) is 0 Å². The van der Waals surface area contributed by atoms with E-state index in [-0.39, 0.29) is 5.75 Å². The molecule has 0 unspecified atom stereocenters. The van der Waals surface area contributed by atoms with Crippen LogP contribution in [0.15, 0.2) is 24.4 Å². The molecule has 0 atom stereocenters. The first-order valence-electron chi connectivity index (χ1n) is 3.53. The summed E-state index contributed by atoms with van der Waals surface area (Å²) in [4.78, 5) is 3.99. The second-order valence-corrected chi connectivity index (χ2v) is 4.41. The highest BCUT2D eigenvalue weighted by Crippen LogP contribution is 1.97. The second-order valence-electron chi connectivity index (χ2n) is 2.52. The van der Waals surface area contributed by atoms with Crippen molar-refractivity contribution in [1.29, 1.82) is 0 Å². The molecule has 0 aromatic carbocycles. The maximum absolute atomic E-state index is 10.7. The third-order valence-electron chi connectivity index (χ3n) is 1.40. The summed E-state index contributed by atoms with van der Waals surface area (Å²) in [5.41, 5.74) is 0.782. The molecule has 1 heterocycles. The van der Waals surface area contributed by atoms with E-state index in [1.165, 1.54) is 0 Å². The van der Waals surface area contributed by atoms with Crippen LogP contribution in [0.4, 0.5) is 0 Å². The Morgan fingerprint density at radius 1 is 1.42 bits per heavy atom. The van der Waals surface area contributed by atoms with E-state index in [1.54, 1.807) is 18.3 Å². The maximum Gasteiger partial charge on any atom is 0.151 e. The molecule has 0 fully saturated rings. The number of hydrogen-bond acceptors (Lipinski definition) is 3. The molecule has 0 spiro atoms. The van der Waals surface area contributed by atoms with Gasteiger partial charge in [-0.2, -0.15) is 0 Å². The molecule has 0 aliphatic carbocycles. The smallest absolute Gasteiger partial charge is 0.151 e. The molecule has 0 aliphatic rings. The molecule has 1 aromatic heterocycles. The van der Waals surface area contributed by atoms with E-state index in [0.717, 1.165) is 5.69 Å². The molecule has 0 N–H and O–H groups in total. The zero-order valence-electron chi connectivity index (χ0n) is 6.60. The summed E-state index contributed by atoms with van der Waals surface area (Å²) in [6.07, 6.45) is 5.11. The van der Waals surface area contributed by atoms with Crippen molar-refractivity contribution < 1.29 is 8.42 Å². The lowest BCUT2D eigenvalue weighted by Gasteiger charge is -1.97. The van der Waals surface area contributed by atoms with Crippen molar-refractivity contribution in [2.24, 2.45) is 0 Å². The second kappa shape index (κ2) is 3.67.